The fourth-order valence-electron chi connectivity index (χ4n) is 4.02. The second kappa shape index (κ2) is 10.9. The highest BCUT2D eigenvalue weighted by atomic mass is 16.5. The number of aliphatic hydroxyl groups excluding tert-OH is 1. The van der Waals surface area contributed by atoms with Gasteiger partial charge in [-0.05, 0) is 31.4 Å². The molecule has 35 heavy (non-hydrogen) atoms. The van der Waals surface area contributed by atoms with E-state index >= 15 is 0 Å². The Morgan fingerprint density at radius 3 is 2.77 bits per heavy atom. The Hall–Kier alpha value is -3.34. The lowest BCUT2D eigenvalue weighted by Crippen LogP contribution is -2.42. The van der Waals surface area contributed by atoms with Crippen LogP contribution in [0.4, 0.5) is 17.7 Å². The van der Waals surface area contributed by atoms with E-state index in [9.17, 15) is 5.11 Å². The molecular weight excluding hydrogens is 444 g/mol. The highest BCUT2D eigenvalue weighted by molar-refractivity contribution is 5.68. The molecule has 2 fully saturated rings. The number of H-pyrrole nitrogens is 1. The number of aromatic nitrogens is 5. The van der Waals surface area contributed by atoms with Crippen molar-refractivity contribution in [2.24, 2.45) is 0 Å². The molecule has 1 aromatic carbocycles. The fraction of sp³-hybridized carbons (Fsp3) is 0.440. The van der Waals surface area contributed by atoms with E-state index in [1.165, 1.54) is 18.4 Å². The maximum Gasteiger partial charge on any atom is 0.233 e. The molecule has 1 saturated heterocycles. The minimum atomic E-state index is -0.556. The third-order valence-electron chi connectivity index (χ3n) is 6.04. The van der Waals surface area contributed by atoms with Crippen LogP contribution in [-0.4, -0.2) is 80.7 Å². The Kier molecular flexibility index (Phi) is 7.31. The van der Waals surface area contributed by atoms with Gasteiger partial charge in [-0.1, -0.05) is 35.9 Å². The van der Waals surface area contributed by atoms with Gasteiger partial charge >= 0.3 is 0 Å². The van der Waals surface area contributed by atoms with E-state index in [1.807, 2.05) is 30.4 Å². The number of nitrogens with one attached hydrogen (secondary N) is 3. The molecule has 0 spiro atoms. The van der Waals surface area contributed by atoms with E-state index in [-0.39, 0.29) is 0 Å². The van der Waals surface area contributed by atoms with Crippen molar-refractivity contribution in [1.29, 1.82) is 0 Å². The summed E-state index contributed by atoms with van der Waals surface area (Å²) in [6, 6.07) is 10.2. The minimum absolute atomic E-state index is 0.329. The molecule has 1 saturated carbocycles. The van der Waals surface area contributed by atoms with Crippen LogP contribution < -0.4 is 10.6 Å². The largest absolute Gasteiger partial charge is 0.390 e. The third-order valence-corrected chi connectivity index (χ3v) is 6.04. The summed E-state index contributed by atoms with van der Waals surface area (Å²) in [6.07, 6.45) is 5.67. The van der Waals surface area contributed by atoms with Gasteiger partial charge < -0.3 is 20.5 Å². The standard InChI is InChI=1S/C25H32N8O2/c1-17-3-2-4-18(13-17)5-8-22-27-24(26-15-20(34)16-33-9-11-35-12-10-33)30-25(28-22)29-23-14-21(31-32-23)19-6-7-19/h2-5,8,13-14,19-20,34H,6-7,9-12,15-16H2,1H3,(H3,26,27,28,29,30,31,32)/b8-5+. The van der Waals surface area contributed by atoms with E-state index in [4.69, 9.17) is 4.74 Å². The van der Waals surface area contributed by atoms with E-state index in [0.717, 1.165) is 24.3 Å². The lowest BCUT2D eigenvalue weighted by atomic mass is 10.1. The number of anilines is 3. The Balaban J connectivity index is 1.30. The van der Waals surface area contributed by atoms with E-state index < -0.39 is 6.10 Å². The third kappa shape index (κ3) is 6.84. The van der Waals surface area contributed by atoms with Crippen LogP contribution in [0.2, 0.25) is 0 Å². The fourth-order valence-corrected chi connectivity index (χ4v) is 4.02. The Labute approximate surface area is 204 Å². The number of rotatable bonds is 10. The van der Waals surface area contributed by atoms with Crippen LogP contribution in [0.3, 0.4) is 0 Å². The van der Waals surface area contributed by atoms with Crippen molar-refractivity contribution >= 4 is 29.9 Å². The van der Waals surface area contributed by atoms with Crippen molar-refractivity contribution in [2.45, 2.75) is 31.8 Å². The molecule has 3 aromatic rings. The van der Waals surface area contributed by atoms with Gasteiger partial charge in [0.1, 0.15) is 0 Å². The zero-order valence-corrected chi connectivity index (χ0v) is 19.9. The lowest BCUT2D eigenvalue weighted by molar-refractivity contribution is 0.0171. The first-order chi connectivity index (χ1) is 17.1. The molecule has 4 N–H and O–H groups in total. The Morgan fingerprint density at radius 1 is 1.14 bits per heavy atom. The number of hydrogen-bond donors (Lipinski definition) is 4. The van der Waals surface area contributed by atoms with Gasteiger partial charge in [-0.2, -0.15) is 20.1 Å². The van der Waals surface area contributed by atoms with Gasteiger partial charge in [0, 0.05) is 43.9 Å². The normalized spacial score (nSPS) is 17.5. The zero-order valence-electron chi connectivity index (χ0n) is 19.9. The number of β-amino-alcohol motifs (C(OH)–C–C–N with tert-alkyl or cyclic N) is 1. The average molecular weight is 477 g/mol. The molecule has 3 heterocycles. The number of aromatic amines is 1. The zero-order chi connectivity index (χ0) is 24.0. The predicted octanol–water partition coefficient (Wildman–Crippen LogP) is 2.80. The average Bonchev–Trinajstić information content (AvgIpc) is 3.61. The van der Waals surface area contributed by atoms with Crippen LogP contribution in [-0.2, 0) is 4.74 Å². The smallest absolute Gasteiger partial charge is 0.233 e. The van der Waals surface area contributed by atoms with Gasteiger partial charge in [0.2, 0.25) is 11.9 Å². The molecule has 2 aromatic heterocycles. The first-order valence-electron chi connectivity index (χ1n) is 12.2. The van der Waals surface area contributed by atoms with Crippen LogP contribution in [0, 0.1) is 6.92 Å². The number of hydrogen-bond acceptors (Lipinski definition) is 9. The molecule has 1 atom stereocenters. The molecule has 5 rings (SSSR count). The molecule has 1 aliphatic carbocycles. The molecule has 0 radical (unpaired) electrons. The number of aliphatic hydroxyl groups is 1. The summed E-state index contributed by atoms with van der Waals surface area (Å²) in [7, 11) is 0. The number of benzene rings is 1. The molecule has 10 nitrogen and oxygen atoms in total. The van der Waals surface area contributed by atoms with Crippen LogP contribution in [0.1, 0.15) is 41.4 Å². The first kappa shape index (κ1) is 23.4. The van der Waals surface area contributed by atoms with Crippen molar-refractivity contribution in [1.82, 2.24) is 30.0 Å². The topological polar surface area (TPSA) is 124 Å². The van der Waals surface area contributed by atoms with Crippen molar-refractivity contribution in [3.8, 4) is 0 Å². The molecule has 0 amide bonds. The van der Waals surface area contributed by atoms with Crippen LogP contribution >= 0.6 is 0 Å². The molecule has 1 unspecified atom stereocenters. The molecule has 10 heteroatoms. The van der Waals surface area contributed by atoms with Crippen molar-refractivity contribution < 1.29 is 9.84 Å². The van der Waals surface area contributed by atoms with E-state index in [1.54, 1.807) is 0 Å². The number of nitrogens with zero attached hydrogens (tertiary/aromatic N) is 5. The van der Waals surface area contributed by atoms with Crippen molar-refractivity contribution in [2.75, 3.05) is 50.0 Å². The van der Waals surface area contributed by atoms with Gasteiger partial charge in [0.05, 0.1) is 19.3 Å². The van der Waals surface area contributed by atoms with Gasteiger partial charge in [0.25, 0.3) is 0 Å². The summed E-state index contributed by atoms with van der Waals surface area (Å²) in [6.45, 7) is 6.03. The molecule has 0 bridgehead atoms. The lowest BCUT2D eigenvalue weighted by Gasteiger charge is -2.28. The maximum atomic E-state index is 10.5. The molecule has 2 aliphatic rings. The van der Waals surface area contributed by atoms with Crippen molar-refractivity contribution in [3.05, 3.63) is 53.0 Å². The van der Waals surface area contributed by atoms with Gasteiger partial charge in [-0.15, -0.1) is 0 Å². The summed E-state index contributed by atoms with van der Waals surface area (Å²) in [5.74, 6) is 2.54. The summed E-state index contributed by atoms with van der Waals surface area (Å²) in [5.41, 5.74) is 3.38. The van der Waals surface area contributed by atoms with E-state index in [2.05, 4.69) is 59.7 Å². The monoisotopic (exact) mass is 476 g/mol. The maximum absolute atomic E-state index is 10.5. The highest BCUT2D eigenvalue weighted by Gasteiger charge is 2.25. The summed E-state index contributed by atoms with van der Waals surface area (Å²) in [4.78, 5) is 15.8. The summed E-state index contributed by atoms with van der Waals surface area (Å²) < 4.78 is 5.38. The molecule has 184 valence electrons. The van der Waals surface area contributed by atoms with Gasteiger partial charge in [0.15, 0.2) is 11.6 Å². The van der Waals surface area contributed by atoms with Crippen LogP contribution in [0.15, 0.2) is 30.3 Å². The SMILES string of the molecule is Cc1cccc(/C=C/c2nc(NCC(O)CN3CCOCC3)nc(Nc3cc(C4CC4)[nH]n3)n2)c1. The molecular formula is C25H32N8O2. The van der Waals surface area contributed by atoms with Crippen LogP contribution in [0.5, 0.6) is 0 Å². The highest BCUT2D eigenvalue weighted by Crippen LogP contribution is 2.39. The number of morpholine rings is 1. The molecule has 1 aliphatic heterocycles. The van der Waals surface area contributed by atoms with Gasteiger partial charge in [-0.25, -0.2) is 0 Å². The predicted molar refractivity (Wildman–Crippen MR) is 136 cm³/mol. The quantitative estimate of drug-likeness (QED) is 0.350. The second-order valence-electron chi connectivity index (χ2n) is 9.14. The van der Waals surface area contributed by atoms with Crippen molar-refractivity contribution in [3.63, 3.8) is 0 Å². The Morgan fingerprint density at radius 2 is 1.97 bits per heavy atom. The van der Waals surface area contributed by atoms with Gasteiger partial charge in [-0.3, -0.25) is 10.00 Å². The first-order valence-corrected chi connectivity index (χ1v) is 12.2. The number of aryl methyl sites for hydroxylation is 1. The minimum Gasteiger partial charge on any atom is -0.390 e. The second-order valence-corrected chi connectivity index (χ2v) is 9.14. The Bertz CT molecular complexity index is 1150. The summed E-state index contributed by atoms with van der Waals surface area (Å²) in [5, 5.41) is 24.3. The van der Waals surface area contributed by atoms with Crippen LogP contribution in [0.25, 0.3) is 12.2 Å². The van der Waals surface area contributed by atoms with E-state index in [0.29, 0.717) is 55.8 Å². The summed E-state index contributed by atoms with van der Waals surface area (Å²) >= 11 is 0. The number of ether oxygens (including phenoxy) is 1.